The Morgan fingerprint density at radius 2 is 1.98 bits per heavy atom. The zero-order valence-corrected chi connectivity index (χ0v) is 26.7. The number of halogens is 1. The molecular weight excluding hydrogens is 562 g/mol. The second-order valence-electron chi connectivity index (χ2n) is 12.0. The van der Waals surface area contributed by atoms with Gasteiger partial charge in [-0.1, -0.05) is 37.3 Å². The summed E-state index contributed by atoms with van der Waals surface area (Å²) < 4.78 is 0. The van der Waals surface area contributed by atoms with Crippen molar-refractivity contribution >= 4 is 40.6 Å². The largest absolute Gasteiger partial charge is 0.391 e. The van der Waals surface area contributed by atoms with Crippen LogP contribution in [0.1, 0.15) is 55.6 Å². The minimum atomic E-state index is -0.300. The molecule has 1 saturated heterocycles. The van der Waals surface area contributed by atoms with Crippen molar-refractivity contribution in [2.75, 3.05) is 51.4 Å². The molecule has 2 amide bonds. The molecule has 1 aromatic heterocycles. The van der Waals surface area contributed by atoms with Crippen LogP contribution in [-0.4, -0.2) is 78.4 Å². The van der Waals surface area contributed by atoms with Gasteiger partial charge < -0.3 is 25.8 Å². The monoisotopic (exact) mass is 605 g/mol. The van der Waals surface area contributed by atoms with E-state index in [1.807, 2.05) is 30.9 Å². The van der Waals surface area contributed by atoms with E-state index < -0.39 is 0 Å². The highest BCUT2D eigenvalue weighted by Crippen LogP contribution is 2.47. The summed E-state index contributed by atoms with van der Waals surface area (Å²) in [5.41, 5.74) is 3.55. The van der Waals surface area contributed by atoms with Crippen LogP contribution in [0.25, 0.3) is 5.57 Å². The zero-order chi connectivity index (χ0) is 31.1. The summed E-state index contributed by atoms with van der Waals surface area (Å²) in [5, 5.41) is 10.1. The second-order valence-corrected chi connectivity index (χ2v) is 12.4. The average Bonchev–Trinajstić information content (AvgIpc) is 2.99. The SMILES string of the molecule is C=C(c1nc(N[C@@H]2CCCN(C(=O)c3ccc(NC(=O)/C=C/CN(C)C)cc3)C2)ncc1Cl)[C@@]1(C)CC[C@H](C)C=C1NC. The lowest BCUT2D eigenvalue weighted by Gasteiger charge is -2.39. The van der Waals surface area contributed by atoms with Crippen LogP contribution in [0.4, 0.5) is 11.6 Å². The molecule has 4 rings (SSSR count). The van der Waals surface area contributed by atoms with E-state index in [9.17, 15) is 9.59 Å². The number of piperidine rings is 1. The van der Waals surface area contributed by atoms with Gasteiger partial charge >= 0.3 is 0 Å². The van der Waals surface area contributed by atoms with E-state index in [0.29, 0.717) is 53.5 Å². The molecule has 9 nitrogen and oxygen atoms in total. The van der Waals surface area contributed by atoms with Crippen molar-refractivity contribution in [3.05, 3.63) is 77.2 Å². The fourth-order valence-electron chi connectivity index (χ4n) is 5.68. The fraction of sp³-hybridized carbons (Fsp3) is 0.455. The van der Waals surface area contributed by atoms with Crippen molar-refractivity contribution in [2.24, 2.45) is 11.3 Å². The summed E-state index contributed by atoms with van der Waals surface area (Å²) in [6.45, 7) is 10.7. The Morgan fingerprint density at radius 3 is 2.67 bits per heavy atom. The third-order valence-electron chi connectivity index (χ3n) is 8.29. The molecule has 1 aromatic carbocycles. The van der Waals surface area contributed by atoms with Crippen molar-refractivity contribution in [1.82, 2.24) is 25.1 Å². The Balaban J connectivity index is 1.39. The fourth-order valence-corrected chi connectivity index (χ4v) is 5.89. The van der Waals surface area contributed by atoms with Gasteiger partial charge in [-0.25, -0.2) is 9.97 Å². The van der Waals surface area contributed by atoms with E-state index in [1.165, 1.54) is 6.08 Å². The number of amides is 2. The molecule has 1 aliphatic heterocycles. The Morgan fingerprint density at radius 1 is 1.23 bits per heavy atom. The first-order chi connectivity index (χ1) is 20.5. The molecule has 3 N–H and O–H groups in total. The molecule has 2 aromatic rings. The molecule has 2 heterocycles. The third kappa shape index (κ3) is 8.03. The zero-order valence-electron chi connectivity index (χ0n) is 25.9. The van der Waals surface area contributed by atoms with Gasteiger partial charge in [0.1, 0.15) is 0 Å². The maximum absolute atomic E-state index is 13.3. The molecule has 230 valence electrons. The molecule has 43 heavy (non-hydrogen) atoms. The first kappa shape index (κ1) is 32.2. The van der Waals surface area contributed by atoms with E-state index in [2.05, 4.69) is 47.4 Å². The number of aromatic nitrogens is 2. The van der Waals surface area contributed by atoms with Gasteiger partial charge in [-0.15, -0.1) is 0 Å². The van der Waals surface area contributed by atoms with Crippen LogP contribution < -0.4 is 16.0 Å². The highest BCUT2D eigenvalue weighted by molar-refractivity contribution is 6.32. The van der Waals surface area contributed by atoms with Crippen molar-refractivity contribution in [1.29, 1.82) is 0 Å². The van der Waals surface area contributed by atoms with Crippen LogP contribution in [-0.2, 0) is 4.79 Å². The maximum atomic E-state index is 13.3. The number of likely N-dealkylation sites (N-methyl/N-ethyl adjacent to an activating group) is 1. The first-order valence-electron chi connectivity index (χ1n) is 14.9. The van der Waals surface area contributed by atoms with Gasteiger partial charge in [-0.05, 0) is 82.5 Å². The molecule has 0 bridgehead atoms. The van der Waals surface area contributed by atoms with Crippen LogP contribution in [0, 0.1) is 11.3 Å². The van der Waals surface area contributed by atoms with Crippen LogP contribution in [0.5, 0.6) is 0 Å². The number of rotatable bonds is 10. The van der Waals surface area contributed by atoms with Crippen LogP contribution in [0.15, 0.2) is 61.0 Å². The van der Waals surface area contributed by atoms with Gasteiger partial charge in [0.25, 0.3) is 5.91 Å². The predicted octanol–water partition coefficient (Wildman–Crippen LogP) is 5.46. The van der Waals surface area contributed by atoms with Gasteiger partial charge in [-0.2, -0.15) is 0 Å². The first-order valence-corrected chi connectivity index (χ1v) is 15.3. The van der Waals surface area contributed by atoms with Gasteiger partial charge in [0.05, 0.1) is 16.9 Å². The summed E-state index contributed by atoms with van der Waals surface area (Å²) in [6.07, 6.45) is 11.0. The average molecular weight is 606 g/mol. The maximum Gasteiger partial charge on any atom is 0.253 e. The van der Waals surface area contributed by atoms with Crippen LogP contribution in [0.3, 0.4) is 0 Å². The molecular formula is C33H44ClN7O2. The molecule has 1 aliphatic carbocycles. The van der Waals surface area contributed by atoms with Gasteiger partial charge in [0.15, 0.2) is 0 Å². The number of hydrogen-bond acceptors (Lipinski definition) is 7. The highest BCUT2D eigenvalue weighted by Gasteiger charge is 2.37. The van der Waals surface area contributed by atoms with Crippen molar-refractivity contribution < 1.29 is 9.59 Å². The van der Waals surface area contributed by atoms with Crippen LogP contribution in [0.2, 0.25) is 5.02 Å². The van der Waals surface area contributed by atoms with Gasteiger partial charge in [0, 0.05) is 61.2 Å². The standard InChI is InChI=1S/C33H44ClN7O2/c1-22-15-16-33(3,28(19-22)35-4)23(2)30-27(34)20-36-32(39-30)38-26-9-7-18-41(21-26)31(43)24-11-13-25(14-12-24)37-29(42)10-8-17-40(5)6/h8,10-14,19-20,22,26,35H,2,7,9,15-18,21H2,1,3-6H3,(H,37,42)(H,36,38,39)/b10-8+/t22-,26+,33+/m0/s1. The summed E-state index contributed by atoms with van der Waals surface area (Å²) >= 11 is 6.61. The quantitative estimate of drug-likeness (QED) is 0.309. The Labute approximate surface area is 260 Å². The number of anilines is 2. The molecule has 10 heteroatoms. The minimum absolute atomic E-state index is 0.00797. The van der Waals surface area contributed by atoms with E-state index in [0.717, 1.165) is 37.0 Å². The Kier molecular flexibility index (Phi) is 10.6. The smallest absolute Gasteiger partial charge is 0.253 e. The normalized spacial score (nSPS) is 22.3. The predicted molar refractivity (Wildman–Crippen MR) is 175 cm³/mol. The number of nitrogens with zero attached hydrogens (tertiary/aromatic N) is 4. The molecule has 3 atom stereocenters. The van der Waals surface area contributed by atoms with E-state index in [4.69, 9.17) is 16.6 Å². The van der Waals surface area contributed by atoms with Crippen molar-refractivity contribution in [3.63, 3.8) is 0 Å². The van der Waals surface area contributed by atoms with E-state index in [1.54, 1.807) is 36.5 Å². The van der Waals surface area contributed by atoms with E-state index in [-0.39, 0.29) is 23.3 Å². The summed E-state index contributed by atoms with van der Waals surface area (Å²) in [4.78, 5) is 38.6. The van der Waals surface area contributed by atoms with Crippen LogP contribution >= 0.6 is 11.6 Å². The summed E-state index contributed by atoms with van der Waals surface area (Å²) in [7, 11) is 5.82. The Hall–Kier alpha value is -3.69. The molecule has 0 saturated carbocycles. The van der Waals surface area contributed by atoms with Crippen molar-refractivity contribution in [2.45, 2.75) is 45.6 Å². The number of carbonyl (C=O) groups excluding carboxylic acids is 2. The third-order valence-corrected chi connectivity index (χ3v) is 8.57. The number of allylic oxidation sites excluding steroid dienone is 2. The molecule has 0 unspecified atom stereocenters. The molecule has 1 fully saturated rings. The number of hydrogen-bond donors (Lipinski definition) is 3. The minimum Gasteiger partial charge on any atom is -0.391 e. The lowest BCUT2D eigenvalue weighted by Crippen LogP contribution is -2.45. The number of nitrogens with one attached hydrogen (secondary N) is 3. The molecule has 2 aliphatic rings. The van der Waals surface area contributed by atoms with E-state index >= 15 is 0 Å². The number of benzene rings is 1. The number of likely N-dealkylation sites (tertiary alicyclic amines) is 1. The summed E-state index contributed by atoms with van der Waals surface area (Å²) in [6, 6.07) is 7.00. The van der Waals surface area contributed by atoms with Gasteiger partial charge in [0.2, 0.25) is 11.9 Å². The topological polar surface area (TPSA) is 102 Å². The second kappa shape index (κ2) is 14.2. The van der Waals surface area contributed by atoms with Gasteiger partial charge in [-0.3, -0.25) is 9.59 Å². The number of carbonyl (C=O) groups is 2. The lowest BCUT2D eigenvalue weighted by atomic mass is 9.69. The Bertz CT molecular complexity index is 1390. The molecule has 0 spiro atoms. The summed E-state index contributed by atoms with van der Waals surface area (Å²) in [5.74, 6) is 0.718. The van der Waals surface area contributed by atoms with Crippen molar-refractivity contribution in [3.8, 4) is 0 Å². The lowest BCUT2D eigenvalue weighted by molar-refractivity contribution is -0.111. The highest BCUT2D eigenvalue weighted by atomic mass is 35.5. The molecule has 0 radical (unpaired) electrons.